The van der Waals surface area contributed by atoms with Crippen LogP contribution in [0.5, 0.6) is 0 Å². The van der Waals surface area contributed by atoms with Crippen molar-refractivity contribution in [2.75, 3.05) is 12.5 Å². The van der Waals surface area contributed by atoms with Gasteiger partial charge >= 0.3 is 0 Å². The summed E-state index contributed by atoms with van der Waals surface area (Å²) in [5, 5.41) is 0.789. The van der Waals surface area contributed by atoms with Crippen LogP contribution in [0.25, 0.3) is 21.8 Å². The first kappa shape index (κ1) is 14.9. The first-order chi connectivity index (χ1) is 10.2. The fraction of sp³-hybridized carbons (Fsp3) is 0.143. The molecule has 8 heteroatoms. The molecule has 0 saturated carbocycles. The van der Waals surface area contributed by atoms with Gasteiger partial charge in [-0.25, -0.2) is 16.8 Å². The van der Waals surface area contributed by atoms with Crippen LogP contribution >= 0.6 is 0 Å². The zero-order valence-electron chi connectivity index (χ0n) is 11.8. The topological polar surface area (TPSA) is 94.1 Å². The monoisotopic (exact) mass is 336 g/mol. The van der Waals surface area contributed by atoms with Crippen LogP contribution in [0.4, 0.5) is 0 Å². The van der Waals surface area contributed by atoms with Crippen LogP contribution in [-0.4, -0.2) is 39.3 Å². The van der Waals surface area contributed by atoms with E-state index in [4.69, 9.17) is 0 Å². The second kappa shape index (κ2) is 4.72. The molecule has 0 atom stereocenters. The van der Waals surface area contributed by atoms with Gasteiger partial charge in [-0.1, -0.05) is 0 Å². The lowest BCUT2D eigenvalue weighted by molar-refractivity contribution is 0.590. The molecule has 0 aliphatic heterocycles. The van der Waals surface area contributed by atoms with Gasteiger partial charge in [-0.3, -0.25) is 9.97 Å². The van der Waals surface area contributed by atoms with Gasteiger partial charge in [-0.2, -0.15) is 0 Å². The van der Waals surface area contributed by atoms with Crippen molar-refractivity contribution in [1.29, 1.82) is 0 Å². The van der Waals surface area contributed by atoms with E-state index in [1.54, 1.807) is 24.3 Å². The molecule has 0 saturated heterocycles. The van der Waals surface area contributed by atoms with Gasteiger partial charge in [-0.15, -0.1) is 0 Å². The maximum absolute atomic E-state index is 12.2. The summed E-state index contributed by atoms with van der Waals surface area (Å²) in [4.78, 5) is 7.78. The summed E-state index contributed by atoms with van der Waals surface area (Å²) < 4.78 is 48.9. The molecule has 2 aromatic heterocycles. The molecule has 0 bridgehead atoms. The van der Waals surface area contributed by atoms with Gasteiger partial charge in [0.25, 0.3) is 0 Å². The van der Waals surface area contributed by atoms with Gasteiger partial charge in [0.15, 0.2) is 19.7 Å². The Labute approximate surface area is 127 Å². The Kier molecular flexibility index (Phi) is 3.19. The number of fused-ring (bicyclic) bond motifs is 3. The molecule has 0 amide bonds. The molecule has 3 rings (SSSR count). The number of hydrogen-bond acceptors (Lipinski definition) is 6. The Morgan fingerprint density at radius 3 is 1.77 bits per heavy atom. The highest BCUT2D eigenvalue weighted by atomic mass is 32.2. The van der Waals surface area contributed by atoms with Crippen LogP contribution in [0.1, 0.15) is 0 Å². The third-order valence-corrected chi connectivity index (χ3v) is 5.71. The number of sulfone groups is 2. The van der Waals surface area contributed by atoms with E-state index >= 15 is 0 Å². The average Bonchev–Trinajstić information content (AvgIpc) is 2.43. The Bertz CT molecular complexity index is 1030. The zero-order chi connectivity index (χ0) is 16.1. The number of hydrogen-bond donors (Lipinski definition) is 0. The van der Waals surface area contributed by atoms with Crippen LogP contribution in [-0.2, 0) is 19.7 Å². The highest BCUT2D eigenvalue weighted by molar-refractivity contribution is 7.94. The molecule has 0 radical (unpaired) electrons. The summed E-state index contributed by atoms with van der Waals surface area (Å²) in [6, 6.07) is 6.46. The van der Waals surface area contributed by atoms with E-state index in [2.05, 4.69) is 9.97 Å². The fourth-order valence-corrected chi connectivity index (χ4v) is 5.39. The number of rotatable bonds is 2. The van der Waals surface area contributed by atoms with Crippen molar-refractivity contribution in [2.45, 2.75) is 9.79 Å². The molecule has 0 aliphatic carbocycles. The lowest BCUT2D eigenvalue weighted by Gasteiger charge is -2.13. The normalized spacial score (nSPS) is 12.8. The molecule has 3 aromatic rings. The van der Waals surface area contributed by atoms with Crippen molar-refractivity contribution in [1.82, 2.24) is 9.97 Å². The van der Waals surface area contributed by atoms with E-state index in [9.17, 15) is 16.8 Å². The van der Waals surface area contributed by atoms with Gasteiger partial charge in [0.1, 0.15) is 4.90 Å². The maximum Gasteiger partial charge on any atom is 0.179 e. The van der Waals surface area contributed by atoms with E-state index in [-0.39, 0.29) is 20.7 Å². The summed E-state index contributed by atoms with van der Waals surface area (Å²) in [7, 11) is -7.60. The first-order valence-electron chi connectivity index (χ1n) is 6.27. The molecule has 1 aromatic carbocycles. The Balaban J connectivity index is 2.81. The summed E-state index contributed by atoms with van der Waals surface area (Å²) in [6.07, 6.45) is 4.92. The third-order valence-electron chi connectivity index (χ3n) is 3.28. The largest absolute Gasteiger partial charge is 0.256 e. The predicted molar refractivity (Wildman–Crippen MR) is 83.3 cm³/mol. The van der Waals surface area contributed by atoms with Crippen molar-refractivity contribution in [3.8, 4) is 0 Å². The maximum atomic E-state index is 12.2. The van der Waals surface area contributed by atoms with E-state index in [1.165, 1.54) is 12.4 Å². The number of nitrogens with zero attached hydrogens (tertiary/aromatic N) is 2. The van der Waals surface area contributed by atoms with E-state index < -0.39 is 19.7 Å². The van der Waals surface area contributed by atoms with Crippen molar-refractivity contribution in [3.63, 3.8) is 0 Å². The molecule has 2 heterocycles. The molecule has 0 spiro atoms. The molecule has 114 valence electrons. The summed E-state index contributed by atoms with van der Waals surface area (Å²) in [6.45, 7) is 0. The lowest BCUT2D eigenvalue weighted by atomic mass is 10.1. The van der Waals surface area contributed by atoms with Crippen molar-refractivity contribution >= 4 is 41.5 Å². The Morgan fingerprint density at radius 1 is 0.727 bits per heavy atom. The van der Waals surface area contributed by atoms with Gasteiger partial charge < -0.3 is 0 Å². The SMILES string of the molecule is CS(=O)(=O)c1c(S(C)(=O)=O)c2ncccc2c2ncccc12. The predicted octanol–water partition coefficient (Wildman–Crippen LogP) is 1.59. The second-order valence-corrected chi connectivity index (χ2v) is 8.91. The van der Waals surface area contributed by atoms with Crippen LogP contribution in [0.3, 0.4) is 0 Å². The molecule has 0 unspecified atom stereocenters. The van der Waals surface area contributed by atoms with E-state index in [1.807, 2.05) is 0 Å². The molecular formula is C14H12N2O4S2. The zero-order valence-corrected chi connectivity index (χ0v) is 13.4. The smallest absolute Gasteiger partial charge is 0.179 e. The Hall–Kier alpha value is -2.06. The average molecular weight is 336 g/mol. The standard InChI is InChI=1S/C14H12N2O4S2/c1-21(17,18)13-10-6-4-7-15-11(10)9-5-3-8-16-12(9)14(13)22(2,19)20/h3-8H,1-2H3. The molecule has 0 N–H and O–H groups in total. The fourth-order valence-electron chi connectivity index (χ4n) is 2.52. The minimum absolute atomic E-state index is 0.122. The minimum Gasteiger partial charge on any atom is -0.256 e. The number of aromatic nitrogens is 2. The van der Waals surface area contributed by atoms with Crippen molar-refractivity contribution in [3.05, 3.63) is 36.7 Å². The van der Waals surface area contributed by atoms with E-state index in [0.717, 1.165) is 12.5 Å². The highest BCUT2D eigenvalue weighted by Crippen LogP contribution is 2.36. The first-order valence-corrected chi connectivity index (χ1v) is 10.0. The van der Waals surface area contributed by atoms with Gasteiger partial charge in [0.05, 0.1) is 15.9 Å². The summed E-state index contributed by atoms with van der Waals surface area (Å²) in [5.74, 6) is 0. The molecule has 22 heavy (non-hydrogen) atoms. The van der Waals surface area contributed by atoms with Crippen LogP contribution in [0, 0.1) is 0 Å². The minimum atomic E-state index is -3.80. The van der Waals surface area contributed by atoms with Gasteiger partial charge in [-0.05, 0) is 24.3 Å². The van der Waals surface area contributed by atoms with Crippen LogP contribution in [0.15, 0.2) is 46.5 Å². The molecule has 0 fully saturated rings. The number of benzene rings is 1. The number of pyridine rings is 2. The van der Waals surface area contributed by atoms with Gasteiger partial charge in [0.2, 0.25) is 0 Å². The second-order valence-electron chi connectivity index (χ2n) is 5.00. The summed E-state index contributed by atoms with van der Waals surface area (Å²) in [5.41, 5.74) is 0.537. The van der Waals surface area contributed by atoms with Crippen molar-refractivity contribution < 1.29 is 16.8 Å². The van der Waals surface area contributed by atoms with E-state index in [0.29, 0.717) is 10.9 Å². The van der Waals surface area contributed by atoms with Crippen LogP contribution in [0.2, 0.25) is 0 Å². The van der Waals surface area contributed by atoms with Crippen molar-refractivity contribution in [2.24, 2.45) is 0 Å². The highest BCUT2D eigenvalue weighted by Gasteiger charge is 2.28. The molecular weight excluding hydrogens is 324 g/mol. The Morgan fingerprint density at radius 2 is 1.23 bits per heavy atom. The lowest BCUT2D eigenvalue weighted by Crippen LogP contribution is -2.10. The quantitative estimate of drug-likeness (QED) is 0.660. The van der Waals surface area contributed by atoms with Gasteiger partial charge in [0, 0.05) is 35.7 Å². The summed E-state index contributed by atoms with van der Waals surface area (Å²) >= 11 is 0. The molecule has 0 aliphatic rings. The molecule has 6 nitrogen and oxygen atoms in total. The van der Waals surface area contributed by atoms with Crippen LogP contribution < -0.4 is 0 Å². The third kappa shape index (κ3) is 2.24.